The first-order valence-electron chi connectivity index (χ1n) is 6.65. The first kappa shape index (κ1) is 14.4. The van der Waals surface area contributed by atoms with Crippen molar-refractivity contribution in [1.82, 2.24) is 4.90 Å². The van der Waals surface area contributed by atoms with Gasteiger partial charge in [0.05, 0.1) is 13.5 Å². The van der Waals surface area contributed by atoms with Gasteiger partial charge in [0.15, 0.2) is 0 Å². The molecule has 19 heavy (non-hydrogen) atoms. The van der Waals surface area contributed by atoms with Crippen LogP contribution in [0.3, 0.4) is 0 Å². The summed E-state index contributed by atoms with van der Waals surface area (Å²) in [7, 11) is 1.64. The largest absolute Gasteiger partial charge is 0.497 e. The molecule has 104 valence electrons. The van der Waals surface area contributed by atoms with Gasteiger partial charge >= 0.3 is 0 Å². The maximum atomic E-state index is 12.3. The number of rotatable bonds is 3. The molecular formula is C15H20BrNO2. The summed E-state index contributed by atoms with van der Waals surface area (Å²) >= 11 is 3.66. The summed E-state index contributed by atoms with van der Waals surface area (Å²) in [5, 5.41) is 0. The molecule has 2 rings (SSSR count). The fourth-order valence-corrected chi connectivity index (χ4v) is 2.93. The van der Waals surface area contributed by atoms with Gasteiger partial charge in [-0.2, -0.15) is 0 Å². The van der Waals surface area contributed by atoms with E-state index in [0.29, 0.717) is 17.2 Å². The molecule has 0 aromatic heterocycles. The predicted octanol–water partition coefficient (Wildman–Crippen LogP) is 2.87. The molecule has 0 aliphatic carbocycles. The number of methoxy groups -OCH3 is 1. The minimum atomic E-state index is 0.199. The van der Waals surface area contributed by atoms with Crippen molar-refractivity contribution in [3.8, 4) is 5.75 Å². The van der Waals surface area contributed by atoms with Crippen LogP contribution in [0.25, 0.3) is 0 Å². The lowest BCUT2D eigenvalue weighted by Crippen LogP contribution is -2.44. The van der Waals surface area contributed by atoms with E-state index in [1.54, 1.807) is 7.11 Å². The van der Waals surface area contributed by atoms with E-state index in [0.717, 1.165) is 30.8 Å². The van der Waals surface area contributed by atoms with Crippen LogP contribution in [0.4, 0.5) is 0 Å². The average molecular weight is 326 g/mol. The molecule has 4 heteroatoms. The van der Waals surface area contributed by atoms with E-state index in [1.807, 2.05) is 29.2 Å². The Morgan fingerprint density at radius 1 is 1.53 bits per heavy atom. The minimum absolute atomic E-state index is 0.199. The number of nitrogens with zero attached hydrogens (tertiary/aromatic N) is 1. The first-order valence-corrected chi connectivity index (χ1v) is 7.56. The molecule has 2 atom stereocenters. The van der Waals surface area contributed by atoms with Crippen LogP contribution in [0, 0.1) is 5.92 Å². The van der Waals surface area contributed by atoms with Gasteiger partial charge in [0, 0.05) is 17.9 Å². The molecule has 1 amide bonds. The van der Waals surface area contributed by atoms with E-state index >= 15 is 0 Å². The van der Waals surface area contributed by atoms with Crippen LogP contribution in [-0.2, 0) is 11.2 Å². The smallest absolute Gasteiger partial charge is 0.227 e. The highest BCUT2D eigenvalue weighted by Crippen LogP contribution is 2.24. The fraction of sp³-hybridized carbons (Fsp3) is 0.533. The summed E-state index contributed by atoms with van der Waals surface area (Å²) in [6.45, 7) is 3.90. The second kappa shape index (κ2) is 6.42. The van der Waals surface area contributed by atoms with E-state index in [4.69, 9.17) is 4.74 Å². The third-order valence-corrected chi connectivity index (χ3v) is 4.90. The molecule has 0 bridgehead atoms. The summed E-state index contributed by atoms with van der Waals surface area (Å²) in [6.07, 6.45) is 1.52. The maximum Gasteiger partial charge on any atom is 0.227 e. The number of hydrogen-bond acceptors (Lipinski definition) is 2. The minimum Gasteiger partial charge on any atom is -0.497 e. The Labute approximate surface area is 123 Å². The van der Waals surface area contributed by atoms with Crippen LogP contribution in [0.2, 0.25) is 0 Å². The molecule has 0 radical (unpaired) electrons. The average Bonchev–Trinajstić information content (AvgIpc) is 2.42. The molecule has 1 aromatic carbocycles. The molecule has 1 aromatic rings. The van der Waals surface area contributed by atoms with Crippen molar-refractivity contribution in [1.29, 1.82) is 0 Å². The Balaban J connectivity index is 1.97. The number of benzene rings is 1. The number of halogens is 1. The van der Waals surface area contributed by atoms with Crippen molar-refractivity contribution >= 4 is 21.8 Å². The summed E-state index contributed by atoms with van der Waals surface area (Å²) in [6, 6.07) is 7.72. The van der Waals surface area contributed by atoms with Crippen LogP contribution < -0.4 is 4.74 Å². The SMILES string of the molecule is COc1cccc(CC(=O)N2CCC(C)C(Br)C2)c1. The van der Waals surface area contributed by atoms with Gasteiger partial charge in [-0.1, -0.05) is 35.0 Å². The molecular weight excluding hydrogens is 306 g/mol. The molecule has 0 saturated carbocycles. The van der Waals surface area contributed by atoms with Gasteiger partial charge in [0.2, 0.25) is 5.91 Å². The Morgan fingerprint density at radius 2 is 2.32 bits per heavy atom. The number of carbonyl (C=O) groups is 1. The Hall–Kier alpha value is -1.03. The van der Waals surface area contributed by atoms with Crippen molar-refractivity contribution in [2.24, 2.45) is 5.92 Å². The summed E-state index contributed by atoms with van der Waals surface area (Å²) in [5.74, 6) is 1.64. The van der Waals surface area contributed by atoms with Crippen molar-refractivity contribution in [2.75, 3.05) is 20.2 Å². The molecule has 1 fully saturated rings. The fourth-order valence-electron chi connectivity index (χ4n) is 2.32. The highest BCUT2D eigenvalue weighted by Gasteiger charge is 2.26. The van der Waals surface area contributed by atoms with Gasteiger partial charge in [-0.3, -0.25) is 4.79 Å². The van der Waals surface area contributed by atoms with E-state index in [2.05, 4.69) is 22.9 Å². The van der Waals surface area contributed by atoms with Crippen molar-refractivity contribution in [3.63, 3.8) is 0 Å². The monoisotopic (exact) mass is 325 g/mol. The van der Waals surface area contributed by atoms with E-state index in [-0.39, 0.29) is 5.91 Å². The topological polar surface area (TPSA) is 29.5 Å². The highest BCUT2D eigenvalue weighted by atomic mass is 79.9. The molecule has 1 aliphatic heterocycles. The predicted molar refractivity (Wildman–Crippen MR) is 79.8 cm³/mol. The second-order valence-electron chi connectivity index (χ2n) is 5.15. The number of piperidine rings is 1. The summed E-state index contributed by atoms with van der Waals surface area (Å²) < 4.78 is 5.18. The molecule has 0 spiro atoms. The van der Waals surface area contributed by atoms with Crippen molar-refractivity contribution < 1.29 is 9.53 Å². The molecule has 1 saturated heterocycles. The van der Waals surface area contributed by atoms with Gasteiger partial charge in [0.1, 0.15) is 5.75 Å². The van der Waals surface area contributed by atoms with Gasteiger partial charge < -0.3 is 9.64 Å². The normalized spacial score (nSPS) is 23.2. The number of amides is 1. The quantitative estimate of drug-likeness (QED) is 0.800. The zero-order valence-electron chi connectivity index (χ0n) is 11.4. The molecule has 1 heterocycles. The third-order valence-electron chi connectivity index (χ3n) is 3.71. The first-order chi connectivity index (χ1) is 9.10. The van der Waals surface area contributed by atoms with Gasteiger partial charge in [0.25, 0.3) is 0 Å². The Bertz CT molecular complexity index is 450. The van der Waals surface area contributed by atoms with Crippen LogP contribution in [0.1, 0.15) is 18.9 Å². The van der Waals surface area contributed by atoms with Gasteiger partial charge in [-0.15, -0.1) is 0 Å². The summed E-state index contributed by atoms with van der Waals surface area (Å²) in [4.78, 5) is 14.7. The molecule has 1 aliphatic rings. The Kier molecular flexibility index (Phi) is 4.86. The Morgan fingerprint density at radius 3 is 3.00 bits per heavy atom. The lowest BCUT2D eigenvalue weighted by Gasteiger charge is -2.34. The summed E-state index contributed by atoms with van der Waals surface area (Å²) in [5.41, 5.74) is 1.01. The van der Waals surface area contributed by atoms with E-state index in [9.17, 15) is 4.79 Å². The van der Waals surface area contributed by atoms with Crippen LogP contribution in [0.5, 0.6) is 5.75 Å². The molecule has 3 nitrogen and oxygen atoms in total. The number of hydrogen-bond donors (Lipinski definition) is 0. The van der Waals surface area contributed by atoms with Gasteiger partial charge in [-0.05, 0) is 30.0 Å². The zero-order valence-corrected chi connectivity index (χ0v) is 13.0. The molecule has 2 unspecified atom stereocenters. The number of carbonyl (C=O) groups excluding carboxylic acids is 1. The van der Waals surface area contributed by atoms with Crippen molar-refractivity contribution in [2.45, 2.75) is 24.6 Å². The lowest BCUT2D eigenvalue weighted by atomic mass is 9.98. The zero-order chi connectivity index (χ0) is 13.8. The third kappa shape index (κ3) is 3.72. The van der Waals surface area contributed by atoms with E-state index in [1.165, 1.54) is 0 Å². The van der Waals surface area contributed by atoms with Crippen LogP contribution in [0.15, 0.2) is 24.3 Å². The lowest BCUT2D eigenvalue weighted by molar-refractivity contribution is -0.131. The maximum absolute atomic E-state index is 12.3. The van der Waals surface area contributed by atoms with Crippen LogP contribution >= 0.6 is 15.9 Å². The van der Waals surface area contributed by atoms with Gasteiger partial charge in [-0.25, -0.2) is 0 Å². The number of alkyl halides is 1. The highest BCUT2D eigenvalue weighted by molar-refractivity contribution is 9.09. The van der Waals surface area contributed by atoms with E-state index < -0.39 is 0 Å². The second-order valence-corrected chi connectivity index (χ2v) is 6.33. The number of likely N-dealkylation sites (tertiary alicyclic amines) is 1. The molecule has 0 N–H and O–H groups in total. The number of ether oxygens (including phenoxy) is 1. The van der Waals surface area contributed by atoms with Crippen molar-refractivity contribution in [3.05, 3.63) is 29.8 Å². The standard InChI is InChI=1S/C15H20BrNO2/c1-11-6-7-17(10-14(11)16)15(18)9-12-4-3-5-13(8-12)19-2/h3-5,8,11,14H,6-7,9-10H2,1-2H3. The van der Waals surface area contributed by atoms with Crippen LogP contribution in [-0.4, -0.2) is 35.8 Å².